The Hall–Kier alpha value is -1.47. The summed E-state index contributed by atoms with van der Waals surface area (Å²) in [5.41, 5.74) is 0.834. The van der Waals surface area contributed by atoms with Crippen molar-refractivity contribution in [3.63, 3.8) is 0 Å². The third-order valence-corrected chi connectivity index (χ3v) is 4.25. The largest absolute Gasteiger partial charge is 0.476 e. The lowest BCUT2D eigenvalue weighted by atomic mass is 10.1. The van der Waals surface area contributed by atoms with Gasteiger partial charge in [-0.1, -0.05) is 23.7 Å². The van der Waals surface area contributed by atoms with Crippen LogP contribution < -0.4 is 5.32 Å². The minimum absolute atomic E-state index is 0.0710. The van der Waals surface area contributed by atoms with E-state index in [9.17, 15) is 9.90 Å². The molecule has 3 N–H and O–H groups in total. The van der Waals surface area contributed by atoms with Crippen LogP contribution in [0.15, 0.2) is 29.6 Å². The molecule has 2 rings (SSSR count). The SMILES string of the molecule is CC(Cc1nc(C(=O)O)cs1)NCC(O)c1cccc(Cl)c1. The van der Waals surface area contributed by atoms with Gasteiger partial charge in [0, 0.05) is 29.4 Å². The van der Waals surface area contributed by atoms with Crippen LogP contribution in [-0.2, 0) is 6.42 Å². The zero-order chi connectivity index (χ0) is 16.1. The van der Waals surface area contributed by atoms with Gasteiger partial charge in [-0.25, -0.2) is 9.78 Å². The average molecular weight is 341 g/mol. The van der Waals surface area contributed by atoms with Gasteiger partial charge in [0.05, 0.1) is 11.1 Å². The minimum atomic E-state index is -1.01. The van der Waals surface area contributed by atoms with Crippen molar-refractivity contribution < 1.29 is 15.0 Å². The number of rotatable bonds is 7. The molecule has 22 heavy (non-hydrogen) atoms. The molecule has 1 aromatic heterocycles. The number of nitrogens with one attached hydrogen (secondary N) is 1. The summed E-state index contributed by atoms with van der Waals surface area (Å²) in [7, 11) is 0. The molecular weight excluding hydrogens is 324 g/mol. The van der Waals surface area contributed by atoms with E-state index < -0.39 is 12.1 Å². The first-order valence-corrected chi connectivity index (χ1v) is 8.06. The van der Waals surface area contributed by atoms with Gasteiger partial charge in [0.2, 0.25) is 0 Å². The number of carboxylic acids is 1. The highest BCUT2D eigenvalue weighted by Crippen LogP contribution is 2.17. The Labute approximate surface area is 137 Å². The molecule has 0 saturated carbocycles. The summed E-state index contributed by atoms with van der Waals surface area (Å²) in [6, 6.07) is 7.19. The molecule has 1 heterocycles. The Balaban J connectivity index is 1.84. The molecule has 0 aliphatic carbocycles. The van der Waals surface area contributed by atoms with Crippen molar-refractivity contribution in [3.05, 3.63) is 50.9 Å². The zero-order valence-electron chi connectivity index (χ0n) is 12.0. The fourth-order valence-electron chi connectivity index (χ4n) is 1.98. The van der Waals surface area contributed by atoms with Gasteiger partial charge in [-0.05, 0) is 24.6 Å². The molecular formula is C15H17ClN2O3S. The van der Waals surface area contributed by atoms with Crippen LogP contribution in [-0.4, -0.2) is 33.8 Å². The maximum Gasteiger partial charge on any atom is 0.355 e. The number of hydrogen-bond donors (Lipinski definition) is 3. The number of nitrogens with zero attached hydrogens (tertiary/aromatic N) is 1. The first kappa shape index (κ1) is 16.9. The summed E-state index contributed by atoms with van der Waals surface area (Å²) >= 11 is 7.23. The fourth-order valence-corrected chi connectivity index (χ4v) is 3.08. The quantitative estimate of drug-likeness (QED) is 0.722. The van der Waals surface area contributed by atoms with E-state index in [2.05, 4.69) is 10.3 Å². The zero-order valence-corrected chi connectivity index (χ0v) is 13.6. The molecule has 1 aromatic carbocycles. The number of aromatic carboxylic acids is 1. The molecule has 2 unspecified atom stereocenters. The number of hydrogen-bond acceptors (Lipinski definition) is 5. The number of aliphatic hydroxyl groups is 1. The first-order valence-electron chi connectivity index (χ1n) is 6.80. The first-order chi connectivity index (χ1) is 10.5. The summed E-state index contributed by atoms with van der Waals surface area (Å²) in [5.74, 6) is -1.01. The molecule has 0 amide bonds. The predicted octanol–water partition coefficient (Wildman–Crippen LogP) is 2.75. The van der Waals surface area contributed by atoms with E-state index in [0.29, 0.717) is 18.0 Å². The molecule has 2 aromatic rings. The van der Waals surface area contributed by atoms with E-state index in [-0.39, 0.29) is 11.7 Å². The molecule has 118 valence electrons. The Morgan fingerprint density at radius 2 is 2.27 bits per heavy atom. The molecule has 5 nitrogen and oxygen atoms in total. The van der Waals surface area contributed by atoms with Crippen LogP contribution in [0.1, 0.15) is 34.1 Å². The average Bonchev–Trinajstić information content (AvgIpc) is 2.93. The normalized spacial score (nSPS) is 13.8. The third kappa shape index (κ3) is 4.78. The van der Waals surface area contributed by atoms with E-state index >= 15 is 0 Å². The number of halogens is 1. The lowest BCUT2D eigenvalue weighted by Crippen LogP contribution is -2.32. The van der Waals surface area contributed by atoms with Gasteiger partial charge in [0.1, 0.15) is 0 Å². The van der Waals surface area contributed by atoms with Gasteiger partial charge in [0.25, 0.3) is 0 Å². The summed E-state index contributed by atoms with van der Waals surface area (Å²) in [4.78, 5) is 14.8. The monoisotopic (exact) mass is 340 g/mol. The summed E-state index contributed by atoms with van der Waals surface area (Å²) in [6.45, 7) is 2.35. The Kier molecular flexibility index (Phi) is 5.90. The highest BCUT2D eigenvalue weighted by molar-refractivity contribution is 7.09. The molecule has 0 aliphatic heterocycles. The van der Waals surface area contributed by atoms with E-state index in [4.69, 9.17) is 16.7 Å². The Morgan fingerprint density at radius 3 is 2.91 bits per heavy atom. The van der Waals surface area contributed by atoms with Crippen LogP contribution >= 0.6 is 22.9 Å². The van der Waals surface area contributed by atoms with Gasteiger partial charge in [-0.3, -0.25) is 0 Å². The van der Waals surface area contributed by atoms with Crippen molar-refractivity contribution in [2.24, 2.45) is 0 Å². The molecule has 0 radical (unpaired) electrons. The molecule has 0 bridgehead atoms. The van der Waals surface area contributed by atoms with Crippen molar-refractivity contribution in [2.75, 3.05) is 6.54 Å². The maximum absolute atomic E-state index is 10.8. The molecule has 0 saturated heterocycles. The van der Waals surface area contributed by atoms with Gasteiger partial charge in [0.15, 0.2) is 5.69 Å². The number of carbonyl (C=O) groups is 1. The van der Waals surface area contributed by atoms with E-state index in [0.717, 1.165) is 10.6 Å². The van der Waals surface area contributed by atoms with Crippen molar-refractivity contribution in [1.82, 2.24) is 10.3 Å². The summed E-state index contributed by atoms with van der Waals surface area (Å²) in [5, 5.41) is 25.1. The maximum atomic E-state index is 10.8. The molecule has 0 fully saturated rings. The lowest BCUT2D eigenvalue weighted by Gasteiger charge is -2.16. The van der Waals surface area contributed by atoms with Crippen LogP contribution in [0.4, 0.5) is 0 Å². The van der Waals surface area contributed by atoms with E-state index in [1.54, 1.807) is 18.2 Å². The number of thiazole rings is 1. The van der Waals surface area contributed by atoms with E-state index in [1.165, 1.54) is 16.7 Å². The van der Waals surface area contributed by atoms with Gasteiger partial charge in [-0.2, -0.15) is 0 Å². The van der Waals surface area contributed by atoms with Crippen molar-refractivity contribution in [1.29, 1.82) is 0 Å². The smallest absolute Gasteiger partial charge is 0.355 e. The van der Waals surface area contributed by atoms with Gasteiger partial charge < -0.3 is 15.5 Å². The molecule has 2 atom stereocenters. The van der Waals surface area contributed by atoms with Crippen molar-refractivity contribution in [2.45, 2.75) is 25.5 Å². The highest BCUT2D eigenvalue weighted by Gasteiger charge is 2.13. The van der Waals surface area contributed by atoms with Crippen molar-refractivity contribution in [3.8, 4) is 0 Å². The highest BCUT2D eigenvalue weighted by atomic mass is 35.5. The van der Waals surface area contributed by atoms with Gasteiger partial charge >= 0.3 is 5.97 Å². The number of aromatic nitrogens is 1. The van der Waals surface area contributed by atoms with E-state index in [1.807, 2.05) is 13.0 Å². The second kappa shape index (κ2) is 7.69. The number of benzene rings is 1. The van der Waals surface area contributed by atoms with Crippen LogP contribution in [0.25, 0.3) is 0 Å². The summed E-state index contributed by atoms with van der Waals surface area (Å²) < 4.78 is 0. The Bertz CT molecular complexity index is 647. The van der Waals surface area contributed by atoms with Crippen LogP contribution in [0.3, 0.4) is 0 Å². The third-order valence-electron chi connectivity index (χ3n) is 3.14. The molecule has 0 spiro atoms. The molecule has 0 aliphatic rings. The second-order valence-electron chi connectivity index (χ2n) is 5.02. The van der Waals surface area contributed by atoms with Crippen LogP contribution in [0, 0.1) is 0 Å². The van der Waals surface area contributed by atoms with Crippen molar-refractivity contribution >= 4 is 28.9 Å². The topological polar surface area (TPSA) is 82.5 Å². The van der Waals surface area contributed by atoms with Crippen LogP contribution in [0.5, 0.6) is 0 Å². The van der Waals surface area contributed by atoms with Gasteiger partial charge in [-0.15, -0.1) is 11.3 Å². The predicted molar refractivity (Wildman–Crippen MR) is 86.7 cm³/mol. The van der Waals surface area contributed by atoms with Crippen LogP contribution in [0.2, 0.25) is 5.02 Å². The standard InChI is InChI=1S/C15H17ClN2O3S/c1-9(5-14-18-12(8-22-14)15(20)21)17-7-13(19)10-3-2-4-11(16)6-10/h2-4,6,8-9,13,17,19H,5,7H2,1H3,(H,20,21). The second-order valence-corrected chi connectivity index (χ2v) is 6.39. The summed E-state index contributed by atoms with van der Waals surface area (Å²) in [6.07, 6.45) is -0.0350. The minimum Gasteiger partial charge on any atom is -0.476 e. The fraction of sp³-hybridized carbons (Fsp3) is 0.333. The molecule has 7 heteroatoms. The number of carboxylic acid groups (broad SMARTS) is 1. The number of aliphatic hydroxyl groups excluding tert-OH is 1. The Morgan fingerprint density at radius 1 is 1.50 bits per heavy atom. The lowest BCUT2D eigenvalue weighted by molar-refractivity contribution is 0.0691.